The van der Waals surface area contributed by atoms with Crippen molar-refractivity contribution in [1.29, 1.82) is 0 Å². The van der Waals surface area contributed by atoms with Crippen LogP contribution in [0.4, 0.5) is 17.3 Å². The number of rotatable bonds is 5. The van der Waals surface area contributed by atoms with E-state index in [1.54, 1.807) is 0 Å². The third-order valence-electron chi connectivity index (χ3n) is 7.34. The maximum absolute atomic E-state index is 6.34. The van der Waals surface area contributed by atoms with Gasteiger partial charge in [0.1, 0.15) is 22.8 Å². The lowest BCUT2D eigenvalue weighted by Crippen LogP contribution is -2.16. The van der Waals surface area contributed by atoms with Crippen molar-refractivity contribution in [3.8, 4) is 22.5 Å². The summed E-state index contributed by atoms with van der Waals surface area (Å²) in [5.41, 5.74) is 8.89. The maximum Gasteiger partial charge on any atom is 0.144 e. The van der Waals surface area contributed by atoms with Gasteiger partial charge in [-0.25, -0.2) is 9.97 Å². The van der Waals surface area contributed by atoms with E-state index < -0.39 is 0 Å². The number of para-hydroxylation sites is 3. The van der Waals surface area contributed by atoms with Crippen molar-refractivity contribution in [2.75, 3.05) is 4.90 Å². The van der Waals surface area contributed by atoms with E-state index in [9.17, 15) is 0 Å². The van der Waals surface area contributed by atoms with Crippen LogP contribution in [0.2, 0.25) is 0 Å². The van der Waals surface area contributed by atoms with E-state index in [0.29, 0.717) is 0 Å². The Labute approximate surface area is 233 Å². The third kappa shape index (κ3) is 4.11. The third-order valence-corrected chi connectivity index (χ3v) is 7.34. The van der Waals surface area contributed by atoms with Crippen LogP contribution in [0, 0.1) is 13.8 Å². The molecule has 4 heteroatoms. The van der Waals surface area contributed by atoms with Crippen LogP contribution in [-0.2, 0) is 0 Å². The summed E-state index contributed by atoms with van der Waals surface area (Å²) >= 11 is 0. The van der Waals surface area contributed by atoms with Crippen molar-refractivity contribution < 1.29 is 4.42 Å². The molecule has 0 radical (unpaired) electrons. The van der Waals surface area contributed by atoms with Crippen LogP contribution >= 0.6 is 0 Å². The molecule has 3 aromatic heterocycles. The standard InChI is InChI=1S/C36H27N3O/c1-24-12-8-13-25(2)35(24)39(33-22-10-19-30(37-33)26-14-4-3-5-15-26)34-23-11-20-31(38-34)29-18-9-17-28-27-16-6-7-21-32(27)40-36(28)29/h3-23H,1-2H3. The summed E-state index contributed by atoms with van der Waals surface area (Å²) in [4.78, 5) is 12.5. The van der Waals surface area contributed by atoms with Crippen LogP contribution < -0.4 is 4.90 Å². The number of pyridine rings is 2. The van der Waals surface area contributed by atoms with Gasteiger partial charge in [0.05, 0.1) is 17.1 Å². The van der Waals surface area contributed by atoms with Crippen LogP contribution in [0.1, 0.15) is 11.1 Å². The number of furan rings is 1. The molecule has 3 heterocycles. The summed E-state index contributed by atoms with van der Waals surface area (Å²) in [6.07, 6.45) is 0. The van der Waals surface area contributed by atoms with Gasteiger partial charge in [-0.1, -0.05) is 91.0 Å². The topological polar surface area (TPSA) is 42.2 Å². The van der Waals surface area contributed by atoms with E-state index in [1.165, 1.54) is 0 Å². The molecule has 0 aliphatic rings. The van der Waals surface area contributed by atoms with Crippen molar-refractivity contribution >= 4 is 39.3 Å². The number of hydrogen-bond acceptors (Lipinski definition) is 4. The second kappa shape index (κ2) is 9.83. The maximum atomic E-state index is 6.34. The van der Waals surface area contributed by atoms with E-state index in [0.717, 1.165) is 72.9 Å². The Morgan fingerprint density at radius 3 is 1.90 bits per heavy atom. The molecular weight excluding hydrogens is 490 g/mol. The van der Waals surface area contributed by atoms with Crippen LogP contribution in [0.25, 0.3) is 44.5 Å². The number of aromatic nitrogens is 2. The lowest BCUT2D eigenvalue weighted by atomic mass is 10.1. The summed E-state index contributed by atoms with van der Waals surface area (Å²) in [6.45, 7) is 4.27. The number of hydrogen-bond donors (Lipinski definition) is 0. The molecule has 0 bridgehead atoms. The molecule has 7 aromatic rings. The van der Waals surface area contributed by atoms with Crippen molar-refractivity contribution in [3.05, 3.63) is 139 Å². The number of benzene rings is 4. The fourth-order valence-corrected chi connectivity index (χ4v) is 5.47. The molecule has 0 unspecified atom stereocenters. The zero-order valence-corrected chi connectivity index (χ0v) is 22.4. The second-order valence-corrected chi connectivity index (χ2v) is 9.98. The molecule has 0 saturated heterocycles. The van der Waals surface area contributed by atoms with Crippen LogP contribution in [-0.4, -0.2) is 9.97 Å². The quantitative estimate of drug-likeness (QED) is 0.228. The van der Waals surface area contributed by atoms with Gasteiger partial charge < -0.3 is 4.42 Å². The molecule has 0 atom stereocenters. The van der Waals surface area contributed by atoms with Gasteiger partial charge >= 0.3 is 0 Å². The zero-order valence-electron chi connectivity index (χ0n) is 22.4. The summed E-state index contributed by atoms with van der Waals surface area (Å²) in [6, 6.07) is 43.3. The Hall–Kier alpha value is -5.22. The lowest BCUT2D eigenvalue weighted by Gasteiger charge is -2.27. The van der Waals surface area contributed by atoms with Crippen LogP contribution in [0.15, 0.2) is 132 Å². The molecule has 40 heavy (non-hydrogen) atoms. The number of fused-ring (bicyclic) bond motifs is 3. The minimum Gasteiger partial charge on any atom is -0.455 e. The SMILES string of the molecule is Cc1cccc(C)c1N(c1cccc(-c2ccccc2)n1)c1cccc(-c2cccc3c2oc2ccccc23)n1. The van der Waals surface area contributed by atoms with Gasteiger partial charge in [0.15, 0.2) is 0 Å². The Kier molecular flexibility index (Phi) is 5.86. The average molecular weight is 518 g/mol. The Balaban J connectivity index is 1.42. The van der Waals surface area contributed by atoms with Crippen molar-refractivity contribution in [3.63, 3.8) is 0 Å². The summed E-state index contributed by atoms with van der Waals surface area (Å²) in [7, 11) is 0. The van der Waals surface area contributed by atoms with Gasteiger partial charge in [-0.2, -0.15) is 0 Å². The highest BCUT2D eigenvalue weighted by atomic mass is 16.3. The van der Waals surface area contributed by atoms with Gasteiger partial charge in [-0.3, -0.25) is 4.90 Å². The summed E-state index contributed by atoms with van der Waals surface area (Å²) < 4.78 is 6.34. The average Bonchev–Trinajstić information content (AvgIpc) is 3.39. The number of nitrogens with zero attached hydrogens (tertiary/aromatic N) is 3. The first-order valence-electron chi connectivity index (χ1n) is 13.4. The van der Waals surface area contributed by atoms with Crippen molar-refractivity contribution in [2.24, 2.45) is 0 Å². The summed E-state index contributed by atoms with van der Waals surface area (Å²) in [5.74, 6) is 1.60. The Bertz CT molecular complexity index is 1970. The van der Waals surface area contributed by atoms with Crippen LogP contribution in [0.5, 0.6) is 0 Å². The number of aryl methyl sites for hydroxylation is 2. The Morgan fingerprint density at radius 1 is 0.525 bits per heavy atom. The molecule has 0 saturated carbocycles. The molecule has 0 aliphatic carbocycles. The van der Waals surface area contributed by atoms with E-state index in [4.69, 9.17) is 14.4 Å². The molecule has 0 amide bonds. The molecule has 0 spiro atoms. The normalized spacial score (nSPS) is 11.2. The highest BCUT2D eigenvalue weighted by Gasteiger charge is 2.21. The molecule has 0 aliphatic heterocycles. The fraction of sp³-hybridized carbons (Fsp3) is 0.0556. The van der Waals surface area contributed by atoms with Gasteiger partial charge in [-0.05, 0) is 61.4 Å². The van der Waals surface area contributed by atoms with E-state index >= 15 is 0 Å². The van der Waals surface area contributed by atoms with E-state index in [2.05, 4.69) is 85.5 Å². The predicted molar refractivity (Wildman–Crippen MR) is 164 cm³/mol. The molecule has 4 nitrogen and oxygen atoms in total. The monoisotopic (exact) mass is 517 g/mol. The first kappa shape index (κ1) is 23.9. The largest absolute Gasteiger partial charge is 0.455 e. The minimum atomic E-state index is 0.792. The highest BCUT2D eigenvalue weighted by molar-refractivity contribution is 6.09. The Morgan fingerprint density at radius 2 is 1.12 bits per heavy atom. The molecule has 0 N–H and O–H groups in total. The van der Waals surface area contributed by atoms with E-state index in [-0.39, 0.29) is 0 Å². The number of anilines is 3. The molecular formula is C36H27N3O. The van der Waals surface area contributed by atoms with Gasteiger partial charge in [0.25, 0.3) is 0 Å². The minimum absolute atomic E-state index is 0.792. The van der Waals surface area contributed by atoms with Crippen molar-refractivity contribution in [2.45, 2.75) is 13.8 Å². The second-order valence-electron chi connectivity index (χ2n) is 9.98. The van der Waals surface area contributed by atoms with Gasteiger partial charge in [0.2, 0.25) is 0 Å². The summed E-state index contributed by atoms with van der Waals surface area (Å²) in [5, 5.41) is 2.19. The van der Waals surface area contributed by atoms with Crippen molar-refractivity contribution in [1.82, 2.24) is 9.97 Å². The molecule has 7 rings (SSSR count). The van der Waals surface area contributed by atoms with Gasteiger partial charge in [0, 0.05) is 21.9 Å². The van der Waals surface area contributed by atoms with Gasteiger partial charge in [-0.15, -0.1) is 0 Å². The first-order valence-corrected chi connectivity index (χ1v) is 13.4. The van der Waals surface area contributed by atoms with E-state index in [1.807, 2.05) is 60.7 Å². The first-order chi connectivity index (χ1) is 19.7. The predicted octanol–water partition coefficient (Wildman–Crippen LogP) is 9.80. The fourth-order valence-electron chi connectivity index (χ4n) is 5.47. The smallest absolute Gasteiger partial charge is 0.144 e. The zero-order chi connectivity index (χ0) is 27.1. The molecule has 0 fully saturated rings. The molecule has 4 aromatic carbocycles. The highest BCUT2D eigenvalue weighted by Crippen LogP contribution is 2.40. The lowest BCUT2D eigenvalue weighted by molar-refractivity contribution is 0.670. The molecule has 192 valence electrons. The van der Waals surface area contributed by atoms with Crippen LogP contribution in [0.3, 0.4) is 0 Å².